The first-order valence-electron chi connectivity index (χ1n) is 7.99. The number of hydrogen-bond acceptors (Lipinski definition) is 5. The van der Waals surface area contributed by atoms with Crippen molar-refractivity contribution in [1.29, 1.82) is 0 Å². The molecule has 124 valence electrons. The molecule has 1 aliphatic carbocycles. The summed E-state index contributed by atoms with van der Waals surface area (Å²) in [5.41, 5.74) is -1.24. The Morgan fingerprint density at radius 3 is 2.13 bits per heavy atom. The third kappa shape index (κ3) is 2.26. The van der Waals surface area contributed by atoms with E-state index in [9.17, 15) is 9.59 Å². The van der Waals surface area contributed by atoms with Gasteiger partial charge in [0.05, 0.1) is 25.9 Å². The van der Waals surface area contributed by atoms with Crippen molar-refractivity contribution in [1.82, 2.24) is 0 Å². The van der Waals surface area contributed by atoms with E-state index in [1.807, 2.05) is 30.3 Å². The second-order valence-electron chi connectivity index (χ2n) is 6.31. The highest BCUT2D eigenvalue weighted by Gasteiger charge is 2.70. The number of methoxy groups -OCH3 is 2. The van der Waals surface area contributed by atoms with Gasteiger partial charge in [0.25, 0.3) is 0 Å². The Balaban J connectivity index is 2.08. The Hall–Kier alpha value is -1.88. The molecule has 1 saturated carbocycles. The zero-order valence-electron chi connectivity index (χ0n) is 13.5. The largest absolute Gasteiger partial charge is 0.468 e. The van der Waals surface area contributed by atoms with Crippen LogP contribution < -0.4 is 0 Å². The minimum absolute atomic E-state index is 0.260. The molecule has 2 aliphatic rings. The summed E-state index contributed by atoms with van der Waals surface area (Å²) in [6.07, 6.45) is 3.14. The zero-order valence-corrected chi connectivity index (χ0v) is 13.5. The zero-order chi connectivity index (χ0) is 16.5. The van der Waals surface area contributed by atoms with Gasteiger partial charge in [0.15, 0.2) is 5.41 Å². The molecule has 1 heterocycles. The summed E-state index contributed by atoms with van der Waals surface area (Å²) in [7, 11) is 2.62. The fourth-order valence-corrected chi connectivity index (χ4v) is 4.19. The molecule has 0 N–H and O–H groups in total. The van der Waals surface area contributed by atoms with E-state index in [-0.39, 0.29) is 12.5 Å². The summed E-state index contributed by atoms with van der Waals surface area (Å²) in [6.45, 7) is 0. The lowest BCUT2D eigenvalue weighted by Gasteiger charge is -2.37. The molecule has 2 fully saturated rings. The molecular formula is C18H22O5. The number of carbonyl (C=O) groups excluding carboxylic acids is 2. The first-order chi connectivity index (χ1) is 11.1. The standard InChI is InChI=1S/C18H22O5/c1-21-15(19)18(16(20)22-2)12-14(13-8-4-3-5-9-13)23-17(18)10-6-7-11-17/h3-5,8-9,14H,6-7,10-12H2,1-2H3/t14-/m1/s1. The molecule has 1 atom stereocenters. The molecule has 0 aromatic heterocycles. The minimum atomic E-state index is -1.38. The second kappa shape index (κ2) is 5.96. The van der Waals surface area contributed by atoms with Crippen molar-refractivity contribution in [3.05, 3.63) is 35.9 Å². The maximum atomic E-state index is 12.7. The average Bonchev–Trinajstić information content (AvgIpc) is 3.21. The molecule has 1 spiro atoms. The molecule has 1 aliphatic heterocycles. The van der Waals surface area contributed by atoms with Gasteiger partial charge in [-0.05, 0) is 18.4 Å². The van der Waals surface area contributed by atoms with Gasteiger partial charge in [-0.2, -0.15) is 0 Å². The van der Waals surface area contributed by atoms with Gasteiger partial charge in [0.2, 0.25) is 0 Å². The Bertz CT molecular complexity index is 573. The van der Waals surface area contributed by atoms with Crippen LogP contribution >= 0.6 is 0 Å². The molecular weight excluding hydrogens is 296 g/mol. The first-order valence-corrected chi connectivity index (χ1v) is 7.99. The van der Waals surface area contributed by atoms with E-state index in [1.165, 1.54) is 14.2 Å². The SMILES string of the molecule is COC(=O)C1(C(=O)OC)C[C@H](c2ccccc2)OC12CCCC2. The summed E-state index contributed by atoms with van der Waals surface area (Å²) in [5, 5.41) is 0. The van der Waals surface area contributed by atoms with Crippen LogP contribution in [0.4, 0.5) is 0 Å². The lowest BCUT2D eigenvalue weighted by atomic mass is 9.69. The van der Waals surface area contributed by atoms with E-state index < -0.39 is 23.0 Å². The van der Waals surface area contributed by atoms with Gasteiger partial charge in [-0.3, -0.25) is 9.59 Å². The van der Waals surface area contributed by atoms with Gasteiger partial charge in [-0.25, -0.2) is 0 Å². The van der Waals surface area contributed by atoms with Crippen molar-refractivity contribution < 1.29 is 23.8 Å². The third-order valence-corrected chi connectivity index (χ3v) is 5.29. The molecule has 0 amide bonds. The van der Waals surface area contributed by atoms with Gasteiger partial charge < -0.3 is 14.2 Å². The molecule has 0 bridgehead atoms. The normalized spacial score (nSPS) is 24.5. The van der Waals surface area contributed by atoms with Gasteiger partial charge in [0, 0.05) is 6.42 Å². The number of esters is 2. The van der Waals surface area contributed by atoms with Crippen LogP contribution in [0.25, 0.3) is 0 Å². The Kier molecular flexibility index (Phi) is 4.15. The van der Waals surface area contributed by atoms with Crippen molar-refractivity contribution in [2.75, 3.05) is 14.2 Å². The monoisotopic (exact) mass is 318 g/mol. The number of carbonyl (C=O) groups is 2. The van der Waals surface area contributed by atoms with Crippen LogP contribution in [0.3, 0.4) is 0 Å². The maximum absolute atomic E-state index is 12.7. The van der Waals surface area contributed by atoms with Crippen molar-refractivity contribution in [3.63, 3.8) is 0 Å². The Labute approximate surface area is 135 Å². The van der Waals surface area contributed by atoms with Crippen LogP contribution in [-0.2, 0) is 23.8 Å². The predicted octanol–water partition coefficient (Wildman–Crippen LogP) is 2.79. The Morgan fingerprint density at radius 1 is 1.04 bits per heavy atom. The van der Waals surface area contributed by atoms with E-state index in [4.69, 9.17) is 14.2 Å². The van der Waals surface area contributed by atoms with Gasteiger partial charge >= 0.3 is 11.9 Å². The van der Waals surface area contributed by atoms with Gasteiger partial charge in [0.1, 0.15) is 0 Å². The van der Waals surface area contributed by atoms with E-state index in [2.05, 4.69) is 0 Å². The fourth-order valence-electron chi connectivity index (χ4n) is 4.19. The van der Waals surface area contributed by atoms with Crippen LogP contribution in [0.15, 0.2) is 30.3 Å². The first kappa shape index (κ1) is 16.0. The summed E-state index contributed by atoms with van der Waals surface area (Å²) < 4.78 is 16.4. The predicted molar refractivity (Wildman–Crippen MR) is 82.5 cm³/mol. The topological polar surface area (TPSA) is 61.8 Å². The third-order valence-electron chi connectivity index (χ3n) is 5.29. The number of rotatable bonds is 3. The van der Waals surface area contributed by atoms with Crippen molar-refractivity contribution in [2.45, 2.75) is 43.8 Å². The molecule has 1 saturated heterocycles. The van der Waals surface area contributed by atoms with Gasteiger partial charge in [-0.1, -0.05) is 43.2 Å². The van der Waals surface area contributed by atoms with E-state index in [0.717, 1.165) is 18.4 Å². The highest BCUT2D eigenvalue weighted by Crippen LogP contribution is 2.60. The number of ether oxygens (including phenoxy) is 3. The highest BCUT2D eigenvalue weighted by atomic mass is 16.6. The second-order valence-corrected chi connectivity index (χ2v) is 6.31. The molecule has 1 aromatic carbocycles. The van der Waals surface area contributed by atoms with Crippen LogP contribution in [0, 0.1) is 5.41 Å². The summed E-state index contributed by atoms with van der Waals surface area (Å²) in [6, 6.07) is 9.69. The average molecular weight is 318 g/mol. The smallest absolute Gasteiger partial charge is 0.326 e. The lowest BCUT2D eigenvalue weighted by Crippen LogP contribution is -2.54. The fraction of sp³-hybridized carbons (Fsp3) is 0.556. The quantitative estimate of drug-likeness (QED) is 0.633. The highest BCUT2D eigenvalue weighted by molar-refractivity contribution is 6.02. The Morgan fingerprint density at radius 2 is 1.61 bits per heavy atom. The number of benzene rings is 1. The van der Waals surface area contributed by atoms with Crippen LogP contribution in [0.1, 0.15) is 43.8 Å². The van der Waals surface area contributed by atoms with Crippen LogP contribution in [0.5, 0.6) is 0 Å². The van der Waals surface area contributed by atoms with Crippen molar-refractivity contribution >= 4 is 11.9 Å². The van der Waals surface area contributed by atoms with E-state index >= 15 is 0 Å². The summed E-state index contributed by atoms with van der Waals surface area (Å²) in [5.74, 6) is -1.10. The summed E-state index contributed by atoms with van der Waals surface area (Å²) in [4.78, 5) is 25.3. The molecule has 23 heavy (non-hydrogen) atoms. The van der Waals surface area contributed by atoms with Crippen molar-refractivity contribution in [3.8, 4) is 0 Å². The van der Waals surface area contributed by atoms with Crippen LogP contribution in [0.2, 0.25) is 0 Å². The van der Waals surface area contributed by atoms with Crippen LogP contribution in [-0.4, -0.2) is 31.8 Å². The maximum Gasteiger partial charge on any atom is 0.326 e. The lowest BCUT2D eigenvalue weighted by molar-refractivity contribution is -0.183. The molecule has 0 radical (unpaired) electrons. The van der Waals surface area contributed by atoms with Crippen molar-refractivity contribution in [2.24, 2.45) is 5.41 Å². The molecule has 1 aromatic rings. The molecule has 0 unspecified atom stereocenters. The van der Waals surface area contributed by atoms with Gasteiger partial charge in [-0.15, -0.1) is 0 Å². The molecule has 3 rings (SSSR count). The minimum Gasteiger partial charge on any atom is -0.468 e. The molecule has 5 heteroatoms. The van der Waals surface area contributed by atoms with E-state index in [0.29, 0.717) is 12.8 Å². The number of hydrogen-bond donors (Lipinski definition) is 0. The molecule has 5 nitrogen and oxygen atoms in total. The summed E-state index contributed by atoms with van der Waals surface area (Å²) >= 11 is 0. The van der Waals surface area contributed by atoms with E-state index in [1.54, 1.807) is 0 Å².